The van der Waals surface area contributed by atoms with Crippen LogP contribution in [0.3, 0.4) is 0 Å². The van der Waals surface area contributed by atoms with Crippen molar-refractivity contribution in [1.29, 1.82) is 5.26 Å². The fourth-order valence-electron chi connectivity index (χ4n) is 3.68. The van der Waals surface area contributed by atoms with Crippen LogP contribution in [0.1, 0.15) is 37.7 Å². The van der Waals surface area contributed by atoms with Crippen LogP contribution in [0, 0.1) is 11.3 Å². The van der Waals surface area contributed by atoms with Gasteiger partial charge in [-0.2, -0.15) is 5.26 Å². The highest BCUT2D eigenvalue weighted by Crippen LogP contribution is 2.50. The molecule has 2 fully saturated rings. The van der Waals surface area contributed by atoms with E-state index in [2.05, 4.69) is 5.32 Å². The smallest absolute Gasteiger partial charge is 0.243 e. The molecule has 1 heterocycles. The zero-order valence-corrected chi connectivity index (χ0v) is 15.5. The molecule has 7 nitrogen and oxygen atoms in total. The monoisotopic (exact) mass is 388 g/mol. The van der Waals surface area contributed by atoms with Crippen molar-refractivity contribution in [1.82, 2.24) is 10.2 Å². The summed E-state index contributed by atoms with van der Waals surface area (Å²) >= 11 is 5.94. The maximum absolute atomic E-state index is 13.2. The fourth-order valence-corrected chi connectivity index (χ4v) is 3.80. The normalized spacial score (nSPS) is 21.2. The van der Waals surface area contributed by atoms with E-state index in [0.717, 1.165) is 18.4 Å². The van der Waals surface area contributed by atoms with Crippen LogP contribution in [0.25, 0.3) is 0 Å². The van der Waals surface area contributed by atoms with Gasteiger partial charge in [-0.1, -0.05) is 23.7 Å². The molecule has 0 aromatic heterocycles. The van der Waals surface area contributed by atoms with Crippen LogP contribution in [0.4, 0.5) is 0 Å². The van der Waals surface area contributed by atoms with Crippen molar-refractivity contribution in [2.45, 2.75) is 49.6 Å². The molecule has 27 heavy (non-hydrogen) atoms. The molecule has 1 aliphatic heterocycles. The Kier molecular flexibility index (Phi) is 5.38. The molecule has 1 aromatic rings. The number of carbonyl (C=O) groups is 3. The van der Waals surface area contributed by atoms with Crippen LogP contribution in [0.5, 0.6) is 0 Å². The second kappa shape index (κ2) is 7.57. The van der Waals surface area contributed by atoms with Crippen LogP contribution < -0.4 is 11.1 Å². The minimum atomic E-state index is -0.987. The number of rotatable bonds is 6. The number of halogens is 1. The van der Waals surface area contributed by atoms with Crippen molar-refractivity contribution in [3.8, 4) is 6.07 Å². The SMILES string of the molecule is N#C[C@H](CC(N)=O)NC(=O)[C@@H]1CCCN1C(=O)C1(c2ccc(Cl)cc2)CC1. The molecule has 1 aromatic carbocycles. The average molecular weight is 389 g/mol. The lowest BCUT2D eigenvalue weighted by Gasteiger charge is -2.29. The van der Waals surface area contributed by atoms with Crippen molar-refractivity contribution in [2.24, 2.45) is 5.73 Å². The predicted octanol–water partition coefficient (Wildman–Crippen LogP) is 1.25. The molecule has 0 bridgehead atoms. The summed E-state index contributed by atoms with van der Waals surface area (Å²) in [6.45, 7) is 0.499. The Hall–Kier alpha value is -2.59. The molecule has 1 saturated heterocycles. The van der Waals surface area contributed by atoms with Crippen molar-refractivity contribution >= 4 is 29.3 Å². The summed E-state index contributed by atoms with van der Waals surface area (Å²) in [6.07, 6.45) is 2.47. The lowest BCUT2D eigenvalue weighted by atomic mass is 9.94. The number of hydrogen-bond acceptors (Lipinski definition) is 4. The molecule has 0 radical (unpaired) electrons. The molecule has 0 spiro atoms. The molecular formula is C19H21ClN4O3. The van der Waals surface area contributed by atoms with Gasteiger partial charge in [-0.3, -0.25) is 14.4 Å². The van der Waals surface area contributed by atoms with Crippen molar-refractivity contribution < 1.29 is 14.4 Å². The number of benzene rings is 1. The average Bonchev–Trinajstić information content (AvgIpc) is 3.29. The summed E-state index contributed by atoms with van der Waals surface area (Å²) in [5.41, 5.74) is 5.42. The number of primary amides is 1. The first-order valence-electron chi connectivity index (χ1n) is 8.93. The maximum Gasteiger partial charge on any atom is 0.243 e. The van der Waals surface area contributed by atoms with Gasteiger partial charge in [0, 0.05) is 11.6 Å². The second-order valence-corrected chi connectivity index (χ2v) is 7.54. The Morgan fingerprint density at radius 1 is 1.33 bits per heavy atom. The van der Waals surface area contributed by atoms with Crippen LogP contribution in [0.2, 0.25) is 5.02 Å². The highest BCUT2D eigenvalue weighted by molar-refractivity contribution is 6.30. The van der Waals surface area contributed by atoms with E-state index in [1.807, 2.05) is 18.2 Å². The quantitative estimate of drug-likeness (QED) is 0.762. The Bertz CT molecular complexity index is 798. The number of nitrogens with zero attached hydrogens (tertiary/aromatic N) is 2. The molecule has 3 N–H and O–H groups in total. The zero-order valence-electron chi connectivity index (χ0n) is 14.8. The van der Waals surface area contributed by atoms with Gasteiger partial charge in [0.25, 0.3) is 0 Å². The third kappa shape index (κ3) is 3.91. The first kappa shape index (κ1) is 19.2. The van der Waals surface area contributed by atoms with E-state index in [9.17, 15) is 14.4 Å². The van der Waals surface area contributed by atoms with E-state index >= 15 is 0 Å². The highest BCUT2D eigenvalue weighted by Gasteiger charge is 2.55. The molecule has 3 amide bonds. The summed E-state index contributed by atoms with van der Waals surface area (Å²) in [4.78, 5) is 38.5. The first-order chi connectivity index (χ1) is 12.9. The molecular weight excluding hydrogens is 368 g/mol. The number of nitrogens with one attached hydrogen (secondary N) is 1. The zero-order chi connectivity index (χ0) is 19.6. The topological polar surface area (TPSA) is 116 Å². The summed E-state index contributed by atoms with van der Waals surface area (Å²) in [7, 11) is 0. The Morgan fingerprint density at radius 3 is 2.56 bits per heavy atom. The number of amides is 3. The molecule has 0 unspecified atom stereocenters. The third-order valence-corrected chi connectivity index (χ3v) is 5.50. The highest BCUT2D eigenvalue weighted by atomic mass is 35.5. The summed E-state index contributed by atoms with van der Waals surface area (Å²) < 4.78 is 0. The summed E-state index contributed by atoms with van der Waals surface area (Å²) in [5.74, 6) is -1.15. The minimum Gasteiger partial charge on any atom is -0.370 e. The van der Waals surface area contributed by atoms with Gasteiger partial charge in [0.05, 0.1) is 17.9 Å². The van der Waals surface area contributed by atoms with Gasteiger partial charge in [0.15, 0.2) is 0 Å². The van der Waals surface area contributed by atoms with Crippen molar-refractivity contribution in [2.75, 3.05) is 6.54 Å². The van der Waals surface area contributed by atoms with Gasteiger partial charge in [-0.25, -0.2) is 0 Å². The number of hydrogen-bond donors (Lipinski definition) is 2. The first-order valence-corrected chi connectivity index (χ1v) is 9.30. The molecule has 8 heteroatoms. The van der Waals surface area contributed by atoms with Gasteiger partial charge in [-0.15, -0.1) is 0 Å². The summed E-state index contributed by atoms with van der Waals surface area (Å²) in [5, 5.41) is 12.2. The largest absolute Gasteiger partial charge is 0.370 e. The number of likely N-dealkylation sites (tertiary alicyclic amines) is 1. The maximum atomic E-state index is 13.2. The van der Waals surface area contributed by atoms with Gasteiger partial charge < -0.3 is 16.0 Å². The Labute approximate surface area is 162 Å². The van der Waals surface area contributed by atoms with Crippen LogP contribution >= 0.6 is 11.6 Å². The van der Waals surface area contributed by atoms with Crippen molar-refractivity contribution in [3.63, 3.8) is 0 Å². The Balaban J connectivity index is 1.73. The molecule has 2 atom stereocenters. The standard InChI is InChI=1S/C19H21ClN4O3/c20-13-5-3-12(4-6-13)19(7-8-19)18(27)24-9-1-2-15(24)17(26)23-14(11-21)10-16(22)25/h3-6,14-15H,1-2,7-10H2,(H2,22,25)(H,23,26)/t14-,15-/m0/s1. The third-order valence-electron chi connectivity index (χ3n) is 5.25. The van der Waals surface area contributed by atoms with E-state index < -0.39 is 29.3 Å². The lowest BCUT2D eigenvalue weighted by Crippen LogP contribution is -2.51. The van der Waals surface area contributed by atoms with Gasteiger partial charge in [0.1, 0.15) is 12.1 Å². The van der Waals surface area contributed by atoms with E-state index in [-0.39, 0.29) is 12.3 Å². The minimum absolute atomic E-state index is 0.0640. The molecule has 1 saturated carbocycles. The van der Waals surface area contributed by atoms with E-state index in [1.54, 1.807) is 17.0 Å². The van der Waals surface area contributed by atoms with E-state index in [4.69, 9.17) is 22.6 Å². The lowest BCUT2D eigenvalue weighted by molar-refractivity contribution is -0.140. The van der Waals surface area contributed by atoms with Gasteiger partial charge >= 0.3 is 0 Å². The van der Waals surface area contributed by atoms with E-state index in [0.29, 0.717) is 24.4 Å². The van der Waals surface area contributed by atoms with Crippen LogP contribution in [0.15, 0.2) is 24.3 Å². The van der Waals surface area contributed by atoms with E-state index in [1.165, 1.54) is 0 Å². The van der Waals surface area contributed by atoms with Crippen molar-refractivity contribution in [3.05, 3.63) is 34.9 Å². The van der Waals surface area contributed by atoms with Gasteiger partial charge in [-0.05, 0) is 43.4 Å². The molecule has 142 valence electrons. The predicted molar refractivity (Wildman–Crippen MR) is 98.5 cm³/mol. The molecule has 3 rings (SSSR count). The Morgan fingerprint density at radius 2 is 2.00 bits per heavy atom. The van der Waals surface area contributed by atoms with Gasteiger partial charge in [0.2, 0.25) is 17.7 Å². The van der Waals surface area contributed by atoms with Crippen LogP contribution in [-0.4, -0.2) is 41.2 Å². The number of nitrogens with two attached hydrogens (primary N) is 1. The fraction of sp³-hybridized carbons (Fsp3) is 0.474. The summed E-state index contributed by atoms with van der Waals surface area (Å²) in [6, 6.07) is 7.48. The van der Waals surface area contributed by atoms with Crippen LogP contribution in [-0.2, 0) is 19.8 Å². The second-order valence-electron chi connectivity index (χ2n) is 7.11. The number of carbonyl (C=O) groups excluding carboxylic acids is 3. The molecule has 1 aliphatic carbocycles. The number of nitriles is 1. The molecule has 2 aliphatic rings.